The van der Waals surface area contributed by atoms with Crippen LogP contribution in [-0.2, 0) is 14.6 Å². The van der Waals surface area contributed by atoms with Gasteiger partial charge in [0.1, 0.15) is 17.5 Å². The zero-order valence-electron chi connectivity index (χ0n) is 15.7. The molecule has 2 aliphatic rings. The van der Waals surface area contributed by atoms with Crippen LogP contribution in [0.2, 0.25) is 0 Å². The van der Waals surface area contributed by atoms with Crippen LogP contribution in [0.1, 0.15) is 35.2 Å². The molecule has 0 unspecified atom stereocenters. The van der Waals surface area contributed by atoms with Crippen molar-refractivity contribution in [3.05, 3.63) is 35.4 Å². The number of anilines is 2. The number of hydrogen-bond acceptors (Lipinski definition) is 7. The number of carbonyl (C=O) groups is 1. The molecule has 0 atom stereocenters. The molecule has 29 heavy (non-hydrogen) atoms. The molecule has 2 N–H and O–H groups in total. The first kappa shape index (κ1) is 19.4. The fourth-order valence-electron chi connectivity index (χ4n) is 3.39. The largest absolute Gasteiger partial charge is 0.378 e. The van der Waals surface area contributed by atoms with Gasteiger partial charge in [-0.2, -0.15) is 10.4 Å². The van der Waals surface area contributed by atoms with Gasteiger partial charge in [0.25, 0.3) is 5.91 Å². The van der Waals surface area contributed by atoms with E-state index in [1.807, 2.05) is 4.90 Å². The van der Waals surface area contributed by atoms with Crippen molar-refractivity contribution in [3.63, 3.8) is 0 Å². The molecule has 0 bridgehead atoms. The molecular formula is C19H21N5O4S. The molecular weight excluding hydrogens is 394 g/mol. The molecule has 9 nitrogen and oxygen atoms in total. The highest BCUT2D eigenvalue weighted by molar-refractivity contribution is 7.92. The van der Waals surface area contributed by atoms with E-state index in [9.17, 15) is 18.5 Å². The molecule has 10 heteroatoms. The Hall–Kier alpha value is -2.90. The molecule has 152 valence electrons. The first-order valence-electron chi connectivity index (χ1n) is 9.47. The van der Waals surface area contributed by atoms with Gasteiger partial charge in [-0.15, -0.1) is 0 Å². The molecule has 2 fully saturated rings. The third kappa shape index (κ3) is 3.71. The van der Waals surface area contributed by atoms with Crippen LogP contribution >= 0.6 is 0 Å². The molecule has 0 radical (unpaired) electrons. The Bertz CT molecular complexity index is 1050. The molecule has 2 aromatic rings. The van der Waals surface area contributed by atoms with Gasteiger partial charge >= 0.3 is 0 Å². The van der Waals surface area contributed by atoms with Crippen LogP contribution in [0.25, 0.3) is 0 Å². The van der Waals surface area contributed by atoms with Crippen molar-refractivity contribution in [1.82, 2.24) is 10.2 Å². The second-order valence-electron chi connectivity index (χ2n) is 7.08. The maximum Gasteiger partial charge on any atom is 0.256 e. The van der Waals surface area contributed by atoms with Gasteiger partial charge in [-0.05, 0) is 37.1 Å². The third-order valence-electron chi connectivity index (χ3n) is 5.34. The van der Waals surface area contributed by atoms with Crippen molar-refractivity contribution in [2.75, 3.05) is 36.5 Å². The number of hydrogen-bond donors (Lipinski definition) is 2. The van der Waals surface area contributed by atoms with E-state index in [1.54, 1.807) is 0 Å². The number of ether oxygens (including phenoxy) is 1. The number of carbonyl (C=O) groups excluding carboxylic acids is 1. The Kier molecular flexibility index (Phi) is 5.25. The molecule has 1 saturated heterocycles. The summed E-state index contributed by atoms with van der Waals surface area (Å²) in [5.41, 5.74) is 0.549. The normalized spacial score (nSPS) is 17.4. The Morgan fingerprint density at radius 2 is 1.93 bits per heavy atom. The van der Waals surface area contributed by atoms with Crippen molar-refractivity contribution < 1.29 is 17.9 Å². The second-order valence-corrected chi connectivity index (χ2v) is 9.31. The topological polar surface area (TPSA) is 128 Å². The van der Waals surface area contributed by atoms with Crippen molar-refractivity contribution in [2.45, 2.75) is 29.4 Å². The number of nitrogens with zero attached hydrogens (tertiary/aromatic N) is 3. The Labute approximate surface area is 168 Å². The van der Waals surface area contributed by atoms with Crippen LogP contribution in [0, 0.1) is 11.3 Å². The molecule has 1 aromatic carbocycles. The minimum absolute atomic E-state index is 0.213. The van der Waals surface area contributed by atoms with Crippen molar-refractivity contribution in [2.24, 2.45) is 0 Å². The summed E-state index contributed by atoms with van der Waals surface area (Å²) in [4.78, 5) is 14.7. The van der Waals surface area contributed by atoms with Gasteiger partial charge in [-0.25, -0.2) is 8.42 Å². The third-order valence-corrected chi connectivity index (χ3v) is 7.62. The standard InChI is InChI=1S/C19H21N5O4S/c20-12-16-17(22-23-18(16)24-8-10-28-11-9-24)21-19(25)13-4-6-15(7-5-13)29(26,27)14-2-1-3-14/h4-7,14H,1-3,8-11H2,(H2,21,22,23,25). The van der Waals surface area contributed by atoms with Crippen LogP contribution < -0.4 is 10.2 Å². The molecule has 1 aliphatic carbocycles. The van der Waals surface area contributed by atoms with Crippen molar-refractivity contribution in [3.8, 4) is 6.07 Å². The number of benzene rings is 1. The number of nitriles is 1. The fraction of sp³-hybridized carbons (Fsp3) is 0.421. The number of aromatic amines is 1. The predicted molar refractivity (Wildman–Crippen MR) is 106 cm³/mol. The van der Waals surface area contributed by atoms with Gasteiger partial charge in [0, 0.05) is 18.7 Å². The second kappa shape index (κ2) is 7.85. The summed E-state index contributed by atoms with van der Waals surface area (Å²) in [6.07, 6.45) is 2.31. The SMILES string of the molecule is N#Cc1c(N2CCOCC2)n[nH]c1NC(=O)c1ccc(S(=O)(=O)C2CCC2)cc1. The quantitative estimate of drug-likeness (QED) is 0.760. The minimum Gasteiger partial charge on any atom is -0.378 e. The van der Waals surface area contributed by atoms with E-state index in [-0.39, 0.29) is 21.5 Å². The van der Waals surface area contributed by atoms with Gasteiger partial charge in [-0.3, -0.25) is 9.89 Å². The number of nitrogens with one attached hydrogen (secondary N) is 2. The lowest BCUT2D eigenvalue weighted by Crippen LogP contribution is -2.36. The average Bonchev–Trinajstić information content (AvgIpc) is 3.09. The number of aromatic nitrogens is 2. The summed E-state index contributed by atoms with van der Waals surface area (Å²) in [6, 6.07) is 7.96. The summed E-state index contributed by atoms with van der Waals surface area (Å²) >= 11 is 0. The molecule has 4 rings (SSSR count). The number of morpholine rings is 1. The lowest BCUT2D eigenvalue weighted by atomic mass is 10.00. The van der Waals surface area contributed by atoms with E-state index in [1.165, 1.54) is 24.3 Å². The van der Waals surface area contributed by atoms with Crippen LogP contribution in [0.4, 0.5) is 11.6 Å². The monoisotopic (exact) mass is 415 g/mol. The van der Waals surface area contributed by atoms with Gasteiger partial charge in [0.15, 0.2) is 15.7 Å². The van der Waals surface area contributed by atoms with Gasteiger partial charge in [0.2, 0.25) is 0 Å². The highest BCUT2D eigenvalue weighted by atomic mass is 32.2. The lowest BCUT2D eigenvalue weighted by molar-refractivity contribution is 0.102. The van der Waals surface area contributed by atoms with E-state index in [0.29, 0.717) is 50.5 Å². The Balaban J connectivity index is 1.49. The van der Waals surface area contributed by atoms with E-state index in [0.717, 1.165) is 6.42 Å². The van der Waals surface area contributed by atoms with Crippen LogP contribution in [0.5, 0.6) is 0 Å². The van der Waals surface area contributed by atoms with Gasteiger partial charge in [-0.1, -0.05) is 6.42 Å². The van der Waals surface area contributed by atoms with E-state index >= 15 is 0 Å². The summed E-state index contributed by atoms with van der Waals surface area (Å²) in [6.45, 7) is 2.33. The molecule has 1 aromatic heterocycles. The lowest BCUT2D eigenvalue weighted by Gasteiger charge is -2.26. The highest BCUT2D eigenvalue weighted by Gasteiger charge is 2.32. The Morgan fingerprint density at radius 1 is 1.24 bits per heavy atom. The molecule has 0 spiro atoms. The molecule has 2 heterocycles. The number of amides is 1. The number of rotatable bonds is 5. The Morgan fingerprint density at radius 3 is 2.52 bits per heavy atom. The molecule has 1 amide bonds. The van der Waals surface area contributed by atoms with Crippen molar-refractivity contribution in [1.29, 1.82) is 5.26 Å². The van der Waals surface area contributed by atoms with Crippen LogP contribution in [0.15, 0.2) is 29.2 Å². The zero-order chi connectivity index (χ0) is 20.4. The summed E-state index contributed by atoms with van der Waals surface area (Å²) < 4.78 is 30.2. The summed E-state index contributed by atoms with van der Waals surface area (Å²) in [7, 11) is -3.33. The van der Waals surface area contributed by atoms with Gasteiger partial charge in [0.05, 0.1) is 23.4 Å². The molecule has 1 aliphatic heterocycles. The van der Waals surface area contributed by atoms with Crippen LogP contribution in [-0.4, -0.2) is 56.1 Å². The summed E-state index contributed by atoms with van der Waals surface area (Å²) in [5, 5.41) is 18.7. The maximum absolute atomic E-state index is 12.6. The smallest absolute Gasteiger partial charge is 0.256 e. The number of H-pyrrole nitrogens is 1. The van der Waals surface area contributed by atoms with Crippen LogP contribution in [0.3, 0.4) is 0 Å². The first-order valence-corrected chi connectivity index (χ1v) is 11.0. The van der Waals surface area contributed by atoms with Crippen molar-refractivity contribution >= 4 is 27.4 Å². The maximum atomic E-state index is 12.6. The van der Waals surface area contributed by atoms with E-state index in [2.05, 4.69) is 21.6 Å². The predicted octanol–water partition coefficient (Wildman–Crippen LogP) is 1.70. The van der Waals surface area contributed by atoms with Gasteiger partial charge < -0.3 is 15.0 Å². The average molecular weight is 415 g/mol. The van der Waals surface area contributed by atoms with E-state index < -0.39 is 15.7 Å². The minimum atomic E-state index is -3.33. The zero-order valence-corrected chi connectivity index (χ0v) is 16.5. The fourth-order valence-corrected chi connectivity index (χ4v) is 5.24. The first-order chi connectivity index (χ1) is 14.0. The molecule has 1 saturated carbocycles. The summed E-state index contributed by atoms with van der Waals surface area (Å²) in [5.74, 6) is 0.240. The number of sulfone groups is 1. The highest BCUT2D eigenvalue weighted by Crippen LogP contribution is 2.31. The van der Waals surface area contributed by atoms with E-state index in [4.69, 9.17) is 4.74 Å².